The first kappa shape index (κ1) is 18.4. The maximum Gasteiger partial charge on any atom is 0.241 e. The highest BCUT2D eigenvalue weighted by Crippen LogP contribution is 2.21. The zero-order chi connectivity index (χ0) is 17.5. The molecule has 1 N–H and O–H groups in total. The van der Waals surface area contributed by atoms with Gasteiger partial charge >= 0.3 is 0 Å². The van der Waals surface area contributed by atoms with Crippen LogP contribution < -0.4 is 5.32 Å². The molecule has 1 aliphatic rings. The number of rotatable bonds is 7. The molecule has 1 saturated heterocycles. The van der Waals surface area contributed by atoms with Crippen molar-refractivity contribution in [3.05, 3.63) is 35.6 Å². The third-order valence-electron chi connectivity index (χ3n) is 4.46. The smallest absolute Gasteiger partial charge is 0.241 e. The first-order valence-corrected chi connectivity index (χ1v) is 8.73. The minimum Gasteiger partial charge on any atom is -0.347 e. The van der Waals surface area contributed by atoms with Crippen LogP contribution in [0.2, 0.25) is 0 Å². The van der Waals surface area contributed by atoms with Crippen LogP contribution in [-0.4, -0.2) is 36.3 Å². The zero-order valence-corrected chi connectivity index (χ0v) is 14.6. The molecule has 0 spiro atoms. The molecule has 1 unspecified atom stereocenters. The SMILES string of the molecule is CC(C)CCC(=O)NCC(=O)N1CCC(Cc2ccc(F)cc2)C1. The van der Waals surface area contributed by atoms with Crippen molar-refractivity contribution >= 4 is 11.8 Å². The molecule has 1 atom stereocenters. The van der Waals surface area contributed by atoms with Crippen LogP contribution in [0.25, 0.3) is 0 Å². The lowest BCUT2D eigenvalue weighted by atomic mass is 9.99. The number of halogens is 1. The highest BCUT2D eigenvalue weighted by molar-refractivity contribution is 5.84. The lowest BCUT2D eigenvalue weighted by molar-refractivity contribution is -0.132. The Morgan fingerprint density at radius 2 is 2.00 bits per heavy atom. The number of hydrogen-bond donors (Lipinski definition) is 1. The maximum atomic E-state index is 12.9. The summed E-state index contributed by atoms with van der Waals surface area (Å²) in [7, 11) is 0. The molecule has 1 fully saturated rings. The van der Waals surface area contributed by atoms with Crippen LogP contribution in [-0.2, 0) is 16.0 Å². The summed E-state index contributed by atoms with van der Waals surface area (Å²) in [5.74, 6) is 0.581. The van der Waals surface area contributed by atoms with Gasteiger partial charge in [0.1, 0.15) is 5.82 Å². The number of benzene rings is 1. The molecular weight excluding hydrogens is 307 g/mol. The fourth-order valence-electron chi connectivity index (χ4n) is 2.97. The maximum absolute atomic E-state index is 12.9. The van der Waals surface area contributed by atoms with Gasteiger partial charge in [0.25, 0.3) is 0 Å². The van der Waals surface area contributed by atoms with Gasteiger partial charge in [0.2, 0.25) is 11.8 Å². The van der Waals surface area contributed by atoms with Crippen molar-refractivity contribution < 1.29 is 14.0 Å². The van der Waals surface area contributed by atoms with E-state index in [1.807, 2.05) is 4.90 Å². The van der Waals surface area contributed by atoms with E-state index in [4.69, 9.17) is 0 Å². The molecule has 24 heavy (non-hydrogen) atoms. The van der Waals surface area contributed by atoms with Gasteiger partial charge in [-0.05, 0) is 48.8 Å². The summed E-state index contributed by atoms with van der Waals surface area (Å²) in [6.45, 7) is 5.67. The summed E-state index contributed by atoms with van der Waals surface area (Å²) in [5, 5.41) is 2.71. The minimum absolute atomic E-state index is 0.0190. The second-order valence-corrected chi connectivity index (χ2v) is 7.03. The summed E-state index contributed by atoms with van der Waals surface area (Å²) in [4.78, 5) is 25.7. The van der Waals surface area contributed by atoms with Crippen molar-refractivity contribution in [1.82, 2.24) is 10.2 Å². The van der Waals surface area contributed by atoms with E-state index in [9.17, 15) is 14.0 Å². The van der Waals surface area contributed by atoms with Gasteiger partial charge in [0.05, 0.1) is 6.54 Å². The average Bonchev–Trinajstić information content (AvgIpc) is 3.01. The summed E-state index contributed by atoms with van der Waals surface area (Å²) >= 11 is 0. The number of likely N-dealkylation sites (tertiary alicyclic amines) is 1. The molecule has 1 aromatic carbocycles. The highest BCUT2D eigenvalue weighted by Gasteiger charge is 2.26. The summed E-state index contributed by atoms with van der Waals surface area (Å²) in [5.41, 5.74) is 1.10. The van der Waals surface area contributed by atoms with Crippen LogP contribution in [0.4, 0.5) is 4.39 Å². The number of hydrogen-bond acceptors (Lipinski definition) is 2. The molecule has 0 aromatic heterocycles. The monoisotopic (exact) mass is 334 g/mol. The van der Waals surface area contributed by atoms with E-state index in [-0.39, 0.29) is 24.2 Å². The Morgan fingerprint density at radius 1 is 1.29 bits per heavy atom. The Bertz CT molecular complexity index is 557. The van der Waals surface area contributed by atoms with Crippen molar-refractivity contribution in [1.29, 1.82) is 0 Å². The summed E-state index contributed by atoms with van der Waals surface area (Å²) in [6.07, 6.45) is 3.11. The Hall–Kier alpha value is -1.91. The number of carbonyl (C=O) groups excluding carboxylic acids is 2. The van der Waals surface area contributed by atoms with E-state index < -0.39 is 0 Å². The lowest BCUT2D eigenvalue weighted by Gasteiger charge is -2.17. The molecule has 1 heterocycles. The number of amides is 2. The van der Waals surface area contributed by atoms with Gasteiger partial charge in [0, 0.05) is 19.5 Å². The molecule has 0 saturated carbocycles. The van der Waals surface area contributed by atoms with E-state index in [0.29, 0.717) is 24.8 Å². The van der Waals surface area contributed by atoms with Crippen LogP contribution >= 0.6 is 0 Å². The molecule has 5 heteroatoms. The Balaban J connectivity index is 1.71. The molecule has 0 aliphatic carbocycles. The fourth-order valence-corrected chi connectivity index (χ4v) is 2.97. The van der Waals surface area contributed by atoms with E-state index >= 15 is 0 Å². The Kier molecular flexibility index (Phi) is 6.76. The van der Waals surface area contributed by atoms with Crippen LogP contribution in [0.1, 0.15) is 38.7 Å². The molecule has 0 radical (unpaired) electrons. The number of nitrogens with one attached hydrogen (secondary N) is 1. The van der Waals surface area contributed by atoms with Crippen molar-refractivity contribution in [3.63, 3.8) is 0 Å². The van der Waals surface area contributed by atoms with Gasteiger partial charge in [-0.15, -0.1) is 0 Å². The van der Waals surface area contributed by atoms with E-state index in [1.165, 1.54) is 12.1 Å². The number of nitrogens with zero attached hydrogens (tertiary/aromatic N) is 1. The molecule has 132 valence electrons. The van der Waals surface area contributed by atoms with Gasteiger partial charge in [-0.2, -0.15) is 0 Å². The highest BCUT2D eigenvalue weighted by atomic mass is 19.1. The van der Waals surface area contributed by atoms with Gasteiger partial charge < -0.3 is 10.2 Å². The number of carbonyl (C=O) groups is 2. The summed E-state index contributed by atoms with van der Waals surface area (Å²) in [6, 6.07) is 6.54. The van der Waals surface area contributed by atoms with Crippen molar-refractivity contribution in [2.45, 2.75) is 39.5 Å². The predicted molar refractivity (Wildman–Crippen MR) is 91.9 cm³/mol. The Labute approximate surface area is 143 Å². The van der Waals surface area contributed by atoms with E-state index in [2.05, 4.69) is 19.2 Å². The van der Waals surface area contributed by atoms with Gasteiger partial charge in [0.15, 0.2) is 0 Å². The topological polar surface area (TPSA) is 49.4 Å². The van der Waals surface area contributed by atoms with Gasteiger partial charge in [-0.3, -0.25) is 9.59 Å². The van der Waals surface area contributed by atoms with Gasteiger partial charge in [-0.1, -0.05) is 26.0 Å². The average molecular weight is 334 g/mol. The largest absolute Gasteiger partial charge is 0.347 e. The standard InChI is InChI=1S/C19H27FN2O2/c1-14(2)3-8-18(23)21-12-19(24)22-10-9-16(13-22)11-15-4-6-17(20)7-5-15/h4-7,14,16H,3,8-13H2,1-2H3,(H,21,23). The van der Waals surface area contributed by atoms with Crippen molar-refractivity contribution in [2.24, 2.45) is 11.8 Å². The zero-order valence-electron chi connectivity index (χ0n) is 14.6. The van der Waals surface area contributed by atoms with E-state index in [1.54, 1.807) is 12.1 Å². The van der Waals surface area contributed by atoms with Crippen LogP contribution in [0.5, 0.6) is 0 Å². The minimum atomic E-state index is -0.227. The van der Waals surface area contributed by atoms with Gasteiger partial charge in [-0.25, -0.2) is 4.39 Å². The van der Waals surface area contributed by atoms with Crippen LogP contribution in [0, 0.1) is 17.7 Å². The third kappa shape index (κ3) is 5.95. The molecule has 1 aromatic rings. The molecule has 2 amide bonds. The van der Waals surface area contributed by atoms with Crippen molar-refractivity contribution in [3.8, 4) is 0 Å². The first-order chi connectivity index (χ1) is 11.4. The van der Waals surface area contributed by atoms with E-state index in [0.717, 1.165) is 31.4 Å². The second-order valence-electron chi connectivity index (χ2n) is 7.03. The summed E-state index contributed by atoms with van der Waals surface area (Å²) < 4.78 is 12.9. The predicted octanol–water partition coefficient (Wildman–Crippen LogP) is 2.77. The fraction of sp³-hybridized carbons (Fsp3) is 0.579. The Morgan fingerprint density at radius 3 is 2.67 bits per heavy atom. The molecule has 0 bridgehead atoms. The molecule has 4 nitrogen and oxygen atoms in total. The normalized spacial score (nSPS) is 17.3. The molecular formula is C19H27FN2O2. The van der Waals surface area contributed by atoms with Crippen LogP contribution in [0.15, 0.2) is 24.3 Å². The quantitative estimate of drug-likeness (QED) is 0.833. The molecule has 1 aliphatic heterocycles. The van der Waals surface area contributed by atoms with Crippen molar-refractivity contribution in [2.75, 3.05) is 19.6 Å². The lowest BCUT2D eigenvalue weighted by Crippen LogP contribution is -2.39. The second kappa shape index (κ2) is 8.81. The first-order valence-electron chi connectivity index (χ1n) is 8.73. The molecule has 2 rings (SSSR count). The van der Waals surface area contributed by atoms with Crippen LogP contribution in [0.3, 0.4) is 0 Å². The third-order valence-corrected chi connectivity index (χ3v) is 4.46.